The van der Waals surface area contributed by atoms with Crippen LogP contribution in [-0.2, 0) is 4.79 Å². The van der Waals surface area contributed by atoms with Crippen LogP contribution in [0.2, 0.25) is 10.2 Å². The Labute approximate surface area is 114 Å². The molecule has 98 valence electrons. The number of amides is 2. The van der Waals surface area contributed by atoms with Gasteiger partial charge in [0.05, 0.1) is 11.6 Å². The molecule has 2 N–H and O–H groups in total. The Balaban J connectivity index is 1.86. The minimum atomic E-state index is -0.392. The van der Waals surface area contributed by atoms with Crippen molar-refractivity contribution >= 4 is 35.0 Å². The van der Waals surface area contributed by atoms with E-state index in [4.69, 9.17) is 23.2 Å². The first kappa shape index (κ1) is 13.2. The molecule has 1 aromatic heterocycles. The molecule has 5 nitrogen and oxygen atoms in total. The minimum Gasteiger partial charge on any atom is -0.342 e. The summed E-state index contributed by atoms with van der Waals surface area (Å²) in [6, 6.07) is 1.43. The van der Waals surface area contributed by atoms with Crippen LogP contribution in [0.15, 0.2) is 6.07 Å². The van der Waals surface area contributed by atoms with Crippen molar-refractivity contribution in [2.24, 2.45) is 0 Å². The van der Waals surface area contributed by atoms with Gasteiger partial charge in [-0.3, -0.25) is 9.59 Å². The SMILES string of the molecule is O=C(NCC(=O)N1CCCC1)c1cc(Cl)c(Cl)[nH]1. The van der Waals surface area contributed by atoms with Crippen molar-refractivity contribution in [2.45, 2.75) is 12.8 Å². The molecular weight excluding hydrogens is 277 g/mol. The van der Waals surface area contributed by atoms with Crippen LogP contribution >= 0.6 is 23.2 Å². The largest absolute Gasteiger partial charge is 0.342 e. The Morgan fingerprint density at radius 3 is 2.56 bits per heavy atom. The summed E-state index contributed by atoms with van der Waals surface area (Å²) in [7, 11) is 0. The van der Waals surface area contributed by atoms with Crippen molar-refractivity contribution in [3.63, 3.8) is 0 Å². The van der Waals surface area contributed by atoms with Gasteiger partial charge in [-0.2, -0.15) is 0 Å². The standard InChI is InChI=1S/C11H13Cl2N3O2/c12-7-5-8(15-10(7)13)11(18)14-6-9(17)16-3-1-2-4-16/h5,15H,1-4,6H2,(H,14,18). The van der Waals surface area contributed by atoms with Gasteiger partial charge in [-0.05, 0) is 18.9 Å². The predicted molar refractivity (Wildman–Crippen MR) is 69.0 cm³/mol. The third-order valence-corrected chi connectivity index (χ3v) is 3.52. The molecule has 1 aromatic rings. The summed E-state index contributed by atoms with van der Waals surface area (Å²) in [5, 5.41) is 3.04. The second kappa shape index (κ2) is 5.63. The van der Waals surface area contributed by atoms with Crippen LogP contribution in [0.4, 0.5) is 0 Å². The molecule has 18 heavy (non-hydrogen) atoms. The molecule has 0 spiro atoms. The van der Waals surface area contributed by atoms with Gasteiger partial charge >= 0.3 is 0 Å². The number of nitrogens with zero attached hydrogens (tertiary/aromatic N) is 1. The normalized spacial score (nSPS) is 14.9. The minimum absolute atomic E-state index is 0.00685. The van der Waals surface area contributed by atoms with Crippen LogP contribution in [0.5, 0.6) is 0 Å². The van der Waals surface area contributed by atoms with Gasteiger partial charge < -0.3 is 15.2 Å². The number of nitrogens with one attached hydrogen (secondary N) is 2. The highest BCUT2D eigenvalue weighted by Gasteiger charge is 2.19. The second-order valence-corrected chi connectivity index (χ2v) is 4.90. The van der Waals surface area contributed by atoms with E-state index in [0.29, 0.717) is 0 Å². The van der Waals surface area contributed by atoms with E-state index >= 15 is 0 Å². The lowest BCUT2D eigenvalue weighted by Crippen LogP contribution is -2.38. The van der Waals surface area contributed by atoms with Crippen LogP contribution in [0.3, 0.4) is 0 Å². The Bertz CT molecular complexity index is 447. The Morgan fingerprint density at radius 2 is 2.00 bits per heavy atom. The molecule has 2 amide bonds. The Hall–Kier alpha value is -1.20. The number of hydrogen-bond donors (Lipinski definition) is 2. The lowest BCUT2D eigenvalue weighted by Gasteiger charge is -2.15. The third-order valence-electron chi connectivity index (χ3n) is 2.83. The van der Waals surface area contributed by atoms with E-state index in [1.807, 2.05) is 0 Å². The maximum Gasteiger partial charge on any atom is 0.268 e. The van der Waals surface area contributed by atoms with E-state index in [1.165, 1.54) is 6.07 Å². The molecule has 1 aliphatic rings. The zero-order valence-electron chi connectivity index (χ0n) is 9.63. The maximum atomic E-state index is 11.7. The summed E-state index contributed by atoms with van der Waals surface area (Å²) in [6.45, 7) is 1.54. The molecule has 0 atom stereocenters. The molecule has 1 saturated heterocycles. The molecule has 0 saturated carbocycles. The molecule has 1 aliphatic heterocycles. The Kier molecular flexibility index (Phi) is 4.14. The average molecular weight is 290 g/mol. The molecule has 2 heterocycles. The number of aromatic amines is 1. The summed E-state index contributed by atoms with van der Waals surface area (Å²) < 4.78 is 0. The number of carbonyl (C=O) groups is 2. The molecule has 0 unspecified atom stereocenters. The van der Waals surface area contributed by atoms with E-state index in [2.05, 4.69) is 10.3 Å². The molecule has 0 aromatic carbocycles. The fraction of sp³-hybridized carbons (Fsp3) is 0.455. The molecule has 2 rings (SSSR count). The molecule has 7 heteroatoms. The van der Waals surface area contributed by atoms with E-state index in [9.17, 15) is 9.59 Å². The van der Waals surface area contributed by atoms with E-state index in [1.54, 1.807) is 4.90 Å². The summed E-state index contributed by atoms with van der Waals surface area (Å²) in [5.41, 5.74) is 0.249. The monoisotopic (exact) mass is 289 g/mol. The first-order chi connectivity index (χ1) is 8.58. The van der Waals surface area contributed by atoms with Gasteiger partial charge in [0, 0.05) is 13.1 Å². The van der Waals surface area contributed by atoms with Gasteiger partial charge in [0.15, 0.2) is 0 Å². The number of aromatic nitrogens is 1. The Morgan fingerprint density at radius 1 is 1.33 bits per heavy atom. The molecule has 0 radical (unpaired) electrons. The first-order valence-corrected chi connectivity index (χ1v) is 6.43. The molecular formula is C11H13Cl2N3O2. The highest BCUT2D eigenvalue weighted by Crippen LogP contribution is 2.21. The van der Waals surface area contributed by atoms with E-state index in [0.717, 1.165) is 25.9 Å². The van der Waals surface area contributed by atoms with Gasteiger partial charge in [-0.25, -0.2) is 0 Å². The number of rotatable bonds is 3. The fourth-order valence-corrected chi connectivity index (χ4v) is 2.17. The lowest BCUT2D eigenvalue weighted by atomic mass is 10.4. The van der Waals surface area contributed by atoms with Gasteiger partial charge in [0.1, 0.15) is 10.8 Å². The number of halogens is 2. The molecule has 0 aliphatic carbocycles. The van der Waals surface area contributed by atoms with Crippen molar-refractivity contribution in [1.82, 2.24) is 15.2 Å². The van der Waals surface area contributed by atoms with Crippen LogP contribution < -0.4 is 5.32 Å². The number of carbonyl (C=O) groups excluding carboxylic acids is 2. The van der Waals surface area contributed by atoms with Gasteiger partial charge in [-0.15, -0.1) is 0 Å². The summed E-state index contributed by atoms with van der Waals surface area (Å²) in [6.07, 6.45) is 2.06. The van der Waals surface area contributed by atoms with Crippen LogP contribution in [0.25, 0.3) is 0 Å². The quantitative estimate of drug-likeness (QED) is 0.889. The van der Waals surface area contributed by atoms with Gasteiger partial charge in [-0.1, -0.05) is 23.2 Å². The number of H-pyrrole nitrogens is 1. The fourth-order valence-electron chi connectivity index (χ4n) is 1.86. The molecule has 0 bridgehead atoms. The lowest BCUT2D eigenvalue weighted by molar-refractivity contribution is -0.129. The maximum absolute atomic E-state index is 11.7. The van der Waals surface area contributed by atoms with E-state index in [-0.39, 0.29) is 28.3 Å². The summed E-state index contributed by atoms with van der Waals surface area (Å²) >= 11 is 11.4. The number of hydrogen-bond acceptors (Lipinski definition) is 2. The van der Waals surface area contributed by atoms with Crippen LogP contribution in [0, 0.1) is 0 Å². The van der Waals surface area contributed by atoms with Gasteiger partial charge in [0.25, 0.3) is 5.91 Å². The number of likely N-dealkylation sites (tertiary alicyclic amines) is 1. The van der Waals surface area contributed by atoms with Crippen molar-refractivity contribution in [1.29, 1.82) is 0 Å². The van der Waals surface area contributed by atoms with Crippen molar-refractivity contribution in [3.8, 4) is 0 Å². The third kappa shape index (κ3) is 2.97. The predicted octanol–water partition coefficient (Wildman–Crippen LogP) is 1.67. The average Bonchev–Trinajstić information content (AvgIpc) is 2.97. The van der Waals surface area contributed by atoms with Crippen molar-refractivity contribution < 1.29 is 9.59 Å². The van der Waals surface area contributed by atoms with Crippen molar-refractivity contribution in [3.05, 3.63) is 21.9 Å². The highest BCUT2D eigenvalue weighted by atomic mass is 35.5. The topological polar surface area (TPSA) is 65.2 Å². The summed E-state index contributed by atoms with van der Waals surface area (Å²) in [4.78, 5) is 27.8. The van der Waals surface area contributed by atoms with Gasteiger partial charge in [0.2, 0.25) is 5.91 Å². The smallest absolute Gasteiger partial charge is 0.268 e. The molecule has 1 fully saturated rings. The zero-order valence-corrected chi connectivity index (χ0v) is 11.1. The first-order valence-electron chi connectivity index (χ1n) is 5.68. The van der Waals surface area contributed by atoms with Crippen LogP contribution in [-0.4, -0.2) is 41.3 Å². The zero-order chi connectivity index (χ0) is 13.1. The highest BCUT2D eigenvalue weighted by molar-refractivity contribution is 6.41. The second-order valence-electron chi connectivity index (χ2n) is 4.12. The van der Waals surface area contributed by atoms with E-state index < -0.39 is 5.91 Å². The van der Waals surface area contributed by atoms with Crippen LogP contribution in [0.1, 0.15) is 23.3 Å². The summed E-state index contributed by atoms with van der Waals surface area (Å²) in [5.74, 6) is -0.457. The van der Waals surface area contributed by atoms with Crippen molar-refractivity contribution in [2.75, 3.05) is 19.6 Å².